The van der Waals surface area contributed by atoms with Gasteiger partial charge in [-0.1, -0.05) is 6.92 Å². The average molecular weight is 354 g/mol. The molecule has 0 unspecified atom stereocenters. The van der Waals surface area contributed by atoms with E-state index in [0.717, 1.165) is 0 Å². The van der Waals surface area contributed by atoms with Gasteiger partial charge in [-0.05, 0) is 28.1 Å². The van der Waals surface area contributed by atoms with Gasteiger partial charge in [0.15, 0.2) is 0 Å². The number of nitro groups is 1. The summed E-state index contributed by atoms with van der Waals surface area (Å²) in [7, 11) is 1.44. The number of nitro benzene ring substituents is 1. The van der Waals surface area contributed by atoms with Crippen molar-refractivity contribution in [2.24, 2.45) is 0 Å². The summed E-state index contributed by atoms with van der Waals surface area (Å²) in [6, 6.07) is 5.90. The van der Waals surface area contributed by atoms with E-state index in [1.54, 1.807) is 12.1 Å². The maximum Gasteiger partial charge on any atom is 0.315 e. The molecule has 8 heteroatoms. The van der Waals surface area contributed by atoms with Crippen molar-refractivity contribution >= 4 is 21.6 Å². The highest BCUT2D eigenvalue weighted by molar-refractivity contribution is 9.10. The predicted octanol–water partition coefficient (Wildman–Crippen LogP) is 3.51. The van der Waals surface area contributed by atoms with Crippen LogP contribution in [-0.2, 0) is 6.42 Å². The number of nitrogens with zero attached hydrogens (tertiary/aromatic N) is 3. The van der Waals surface area contributed by atoms with Crippen LogP contribution in [0.2, 0.25) is 0 Å². The van der Waals surface area contributed by atoms with Gasteiger partial charge in [-0.25, -0.2) is 4.98 Å². The van der Waals surface area contributed by atoms with Gasteiger partial charge >= 0.3 is 5.69 Å². The lowest BCUT2D eigenvalue weighted by atomic mass is 10.3. The molecular formula is C13H12BrN3O4. The van der Waals surface area contributed by atoms with Crippen LogP contribution in [0.4, 0.5) is 5.69 Å². The van der Waals surface area contributed by atoms with Crippen molar-refractivity contribution in [3.05, 3.63) is 44.8 Å². The molecule has 0 radical (unpaired) electrons. The van der Waals surface area contributed by atoms with Crippen molar-refractivity contribution in [3.63, 3.8) is 0 Å². The Morgan fingerprint density at radius 2 is 2.10 bits per heavy atom. The molecule has 0 fully saturated rings. The van der Waals surface area contributed by atoms with Gasteiger partial charge in [-0.15, -0.1) is 0 Å². The summed E-state index contributed by atoms with van der Waals surface area (Å²) in [5.41, 5.74) is -0.192. The third kappa shape index (κ3) is 3.66. The van der Waals surface area contributed by atoms with Crippen LogP contribution in [0, 0.1) is 10.1 Å². The third-order valence-electron chi connectivity index (χ3n) is 2.61. The van der Waals surface area contributed by atoms with Gasteiger partial charge in [0.2, 0.25) is 11.6 Å². The van der Waals surface area contributed by atoms with Gasteiger partial charge in [0, 0.05) is 12.5 Å². The van der Waals surface area contributed by atoms with Gasteiger partial charge in [-0.3, -0.25) is 10.1 Å². The molecule has 0 atom stereocenters. The minimum Gasteiger partial charge on any atom is -0.496 e. The van der Waals surface area contributed by atoms with Crippen molar-refractivity contribution in [3.8, 4) is 17.4 Å². The number of aromatic nitrogens is 2. The van der Waals surface area contributed by atoms with Gasteiger partial charge in [0.1, 0.15) is 16.2 Å². The lowest BCUT2D eigenvalue weighted by molar-refractivity contribution is -0.385. The largest absolute Gasteiger partial charge is 0.496 e. The minimum absolute atomic E-state index is 0.0912. The number of hydrogen-bond donors (Lipinski definition) is 0. The van der Waals surface area contributed by atoms with Crippen LogP contribution in [0.3, 0.4) is 0 Å². The van der Waals surface area contributed by atoms with Crippen LogP contribution in [0.5, 0.6) is 17.4 Å². The van der Waals surface area contributed by atoms with E-state index in [4.69, 9.17) is 9.47 Å². The van der Waals surface area contributed by atoms with Gasteiger partial charge in [-0.2, -0.15) is 4.98 Å². The van der Waals surface area contributed by atoms with Crippen LogP contribution in [-0.4, -0.2) is 22.0 Å². The Balaban J connectivity index is 2.39. The second kappa shape index (κ2) is 6.49. The molecule has 0 spiro atoms. The zero-order valence-electron chi connectivity index (χ0n) is 11.4. The van der Waals surface area contributed by atoms with Crippen LogP contribution in [0.25, 0.3) is 0 Å². The topological polar surface area (TPSA) is 87.4 Å². The van der Waals surface area contributed by atoms with Crippen LogP contribution < -0.4 is 9.47 Å². The monoisotopic (exact) mass is 353 g/mol. The number of benzene rings is 1. The molecule has 110 valence electrons. The molecule has 2 rings (SSSR count). The van der Waals surface area contributed by atoms with Gasteiger partial charge in [0.05, 0.1) is 18.1 Å². The lowest BCUT2D eigenvalue weighted by Gasteiger charge is -2.08. The summed E-state index contributed by atoms with van der Waals surface area (Å²) in [4.78, 5) is 18.9. The van der Waals surface area contributed by atoms with Crippen LogP contribution >= 0.6 is 15.9 Å². The van der Waals surface area contributed by atoms with E-state index in [0.29, 0.717) is 22.6 Å². The van der Waals surface area contributed by atoms with Gasteiger partial charge in [0.25, 0.3) is 0 Å². The smallest absolute Gasteiger partial charge is 0.315 e. The first-order valence-electron chi connectivity index (χ1n) is 6.07. The molecule has 0 saturated heterocycles. The van der Waals surface area contributed by atoms with Crippen molar-refractivity contribution in [2.45, 2.75) is 13.3 Å². The van der Waals surface area contributed by atoms with E-state index in [1.165, 1.54) is 19.2 Å². The van der Waals surface area contributed by atoms with E-state index < -0.39 is 4.92 Å². The summed E-state index contributed by atoms with van der Waals surface area (Å²) in [5, 5.41) is 11.1. The third-order valence-corrected chi connectivity index (χ3v) is 3.02. The fourth-order valence-electron chi connectivity index (χ4n) is 1.62. The molecule has 7 nitrogen and oxygen atoms in total. The number of halogens is 1. The molecule has 21 heavy (non-hydrogen) atoms. The van der Waals surface area contributed by atoms with E-state index in [-0.39, 0.29) is 17.3 Å². The number of ether oxygens (including phenoxy) is 2. The second-order valence-electron chi connectivity index (χ2n) is 3.99. The summed E-state index contributed by atoms with van der Waals surface area (Å²) in [5.74, 6) is 1.29. The molecule has 1 aromatic carbocycles. The molecule has 0 aliphatic rings. The first-order chi connectivity index (χ1) is 10.0. The van der Waals surface area contributed by atoms with E-state index >= 15 is 0 Å². The molecular weight excluding hydrogens is 342 g/mol. The fraction of sp³-hybridized carbons (Fsp3) is 0.231. The SMILES string of the molecule is CCc1nc(Br)cc(Oc2ccc(OC)cc2[N+](=O)[O-])n1. The molecule has 0 N–H and O–H groups in total. The Morgan fingerprint density at radius 1 is 1.33 bits per heavy atom. The van der Waals surface area contributed by atoms with E-state index in [1.807, 2.05) is 6.92 Å². The molecule has 0 bridgehead atoms. The molecule has 0 aliphatic carbocycles. The molecule has 1 aromatic heterocycles. The number of methoxy groups -OCH3 is 1. The normalized spacial score (nSPS) is 10.2. The highest BCUT2D eigenvalue weighted by Crippen LogP contribution is 2.34. The highest BCUT2D eigenvalue weighted by Gasteiger charge is 2.18. The zero-order chi connectivity index (χ0) is 15.4. The second-order valence-corrected chi connectivity index (χ2v) is 4.80. The summed E-state index contributed by atoms with van der Waals surface area (Å²) in [6.45, 7) is 1.90. The van der Waals surface area contributed by atoms with E-state index in [2.05, 4.69) is 25.9 Å². The molecule has 0 amide bonds. The molecule has 0 aliphatic heterocycles. The first kappa shape index (κ1) is 15.2. The van der Waals surface area contributed by atoms with Crippen molar-refractivity contribution in [2.75, 3.05) is 7.11 Å². The average Bonchev–Trinajstić information content (AvgIpc) is 2.46. The maximum absolute atomic E-state index is 11.1. The minimum atomic E-state index is -0.533. The number of rotatable bonds is 5. The Bertz CT molecular complexity index is 678. The molecule has 2 aromatic rings. The molecule has 0 saturated carbocycles. The first-order valence-corrected chi connectivity index (χ1v) is 6.86. The summed E-state index contributed by atoms with van der Waals surface area (Å²) >= 11 is 3.25. The molecule has 1 heterocycles. The van der Waals surface area contributed by atoms with Crippen molar-refractivity contribution < 1.29 is 14.4 Å². The predicted molar refractivity (Wildman–Crippen MR) is 78.8 cm³/mol. The zero-order valence-corrected chi connectivity index (χ0v) is 13.0. The number of hydrogen-bond acceptors (Lipinski definition) is 6. The summed E-state index contributed by atoms with van der Waals surface area (Å²) in [6.07, 6.45) is 0.626. The van der Waals surface area contributed by atoms with Crippen molar-refractivity contribution in [1.29, 1.82) is 0 Å². The lowest BCUT2D eigenvalue weighted by Crippen LogP contribution is -1.99. The Hall–Kier alpha value is -2.22. The summed E-state index contributed by atoms with van der Waals surface area (Å²) < 4.78 is 11.0. The quantitative estimate of drug-likeness (QED) is 0.464. The fourth-order valence-corrected chi connectivity index (χ4v) is 2.02. The standard InChI is InChI=1S/C13H12BrN3O4/c1-3-12-15-11(14)7-13(16-12)21-10-5-4-8(20-2)6-9(10)17(18)19/h4-7H,3H2,1-2H3. The Morgan fingerprint density at radius 3 is 2.71 bits per heavy atom. The van der Waals surface area contributed by atoms with Crippen LogP contribution in [0.15, 0.2) is 28.9 Å². The maximum atomic E-state index is 11.1. The Labute approximate surface area is 129 Å². The van der Waals surface area contributed by atoms with Crippen molar-refractivity contribution in [1.82, 2.24) is 9.97 Å². The Kier molecular flexibility index (Phi) is 4.69. The highest BCUT2D eigenvalue weighted by atomic mass is 79.9. The van der Waals surface area contributed by atoms with Gasteiger partial charge < -0.3 is 9.47 Å². The van der Waals surface area contributed by atoms with E-state index in [9.17, 15) is 10.1 Å². The van der Waals surface area contributed by atoms with Crippen LogP contribution in [0.1, 0.15) is 12.7 Å². The number of aryl methyl sites for hydroxylation is 1.